The lowest BCUT2D eigenvalue weighted by atomic mass is 9.83. The number of piperidine rings is 1. The molecule has 0 bridgehead atoms. The predicted molar refractivity (Wildman–Crippen MR) is 107 cm³/mol. The van der Waals surface area contributed by atoms with Crippen molar-refractivity contribution < 1.29 is 14.4 Å². The van der Waals surface area contributed by atoms with Crippen molar-refractivity contribution in [2.75, 3.05) is 25.0 Å². The first-order chi connectivity index (χ1) is 13.6. The van der Waals surface area contributed by atoms with Crippen molar-refractivity contribution in [3.63, 3.8) is 0 Å². The highest BCUT2D eigenvalue weighted by Gasteiger charge is 2.50. The Kier molecular flexibility index (Phi) is 5.49. The van der Waals surface area contributed by atoms with Gasteiger partial charge in [-0.3, -0.25) is 14.4 Å². The molecule has 3 aliphatic rings. The highest BCUT2D eigenvalue weighted by Crippen LogP contribution is 2.33. The topological polar surface area (TPSA) is 78.5 Å². The molecule has 150 valence electrons. The molecule has 0 spiro atoms. The van der Waals surface area contributed by atoms with E-state index in [0.29, 0.717) is 24.7 Å². The summed E-state index contributed by atoms with van der Waals surface area (Å²) in [5, 5.41) is 5.65. The third-order valence-corrected chi connectivity index (χ3v) is 6.60. The Morgan fingerprint density at radius 2 is 1.82 bits per heavy atom. The van der Waals surface area contributed by atoms with E-state index < -0.39 is 17.7 Å². The molecular formula is C22H29N3O3. The minimum Gasteiger partial charge on any atom is -0.350 e. The summed E-state index contributed by atoms with van der Waals surface area (Å²) in [5.74, 6) is -2.19. The van der Waals surface area contributed by atoms with Crippen LogP contribution in [-0.2, 0) is 14.4 Å². The van der Waals surface area contributed by atoms with Gasteiger partial charge in [-0.15, -0.1) is 0 Å². The fourth-order valence-electron chi connectivity index (χ4n) is 4.92. The summed E-state index contributed by atoms with van der Waals surface area (Å²) in [7, 11) is 0. The molecule has 0 aromatic heterocycles. The van der Waals surface area contributed by atoms with Gasteiger partial charge in [0.05, 0.1) is 12.0 Å². The molecule has 4 rings (SSSR count). The molecule has 2 saturated heterocycles. The Morgan fingerprint density at radius 3 is 2.50 bits per heavy atom. The summed E-state index contributed by atoms with van der Waals surface area (Å²) in [5.41, 5.74) is 1.94. The zero-order valence-corrected chi connectivity index (χ0v) is 16.4. The molecule has 1 unspecified atom stereocenters. The van der Waals surface area contributed by atoms with Crippen LogP contribution < -0.4 is 10.6 Å². The third-order valence-electron chi connectivity index (χ3n) is 6.60. The molecule has 3 fully saturated rings. The number of benzene rings is 1. The molecule has 1 aromatic carbocycles. The summed E-state index contributed by atoms with van der Waals surface area (Å²) < 4.78 is 0. The average Bonchev–Trinajstić information content (AvgIpc) is 3.12. The summed E-state index contributed by atoms with van der Waals surface area (Å²) in [6.07, 6.45) is 6.32. The lowest BCUT2D eigenvalue weighted by molar-refractivity contribution is -0.145. The second-order valence-electron chi connectivity index (χ2n) is 8.36. The lowest BCUT2D eigenvalue weighted by Crippen LogP contribution is -2.57. The van der Waals surface area contributed by atoms with Crippen LogP contribution in [0, 0.1) is 11.8 Å². The lowest BCUT2D eigenvalue weighted by Gasteiger charge is -2.29. The maximum atomic E-state index is 12.8. The molecule has 2 N–H and O–H groups in total. The van der Waals surface area contributed by atoms with Crippen molar-refractivity contribution in [2.24, 2.45) is 11.8 Å². The summed E-state index contributed by atoms with van der Waals surface area (Å²) in [6, 6.07) is 7.70. The van der Waals surface area contributed by atoms with E-state index in [1.54, 1.807) is 0 Å². The van der Waals surface area contributed by atoms with E-state index in [0.717, 1.165) is 6.54 Å². The maximum Gasteiger partial charge on any atom is 0.244 e. The highest BCUT2D eigenvalue weighted by atomic mass is 16.2. The van der Waals surface area contributed by atoms with Crippen LogP contribution in [0.1, 0.15) is 50.5 Å². The zero-order valence-electron chi connectivity index (χ0n) is 16.4. The molecule has 1 saturated carbocycles. The van der Waals surface area contributed by atoms with Gasteiger partial charge in [0.15, 0.2) is 11.7 Å². The second-order valence-corrected chi connectivity index (χ2v) is 8.36. The number of amides is 2. The van der Waals surface area contributed by atoms with Crippen molar-refractivity contribution in [3.05, 3.63) is 29.8 Å². The van der Waals surface area contributed by atoms with Gasteiger partial charge in [-0.25, -0.2) is 0 Å². The average molecular weight is 383 g/mol. The quantitative estimate of drug-likeness (QED) is 0.782. The Bertz CT molecular complexity index is 755. The van der Waals surface area contributed by atoms with E-state index in [1.165, 1.54) is 37.7 Å². The number of Topliss-reactive ketones (excluding diaryl/α,β-unsaturated/α-hetero) is 1. The number of nitrogens with zero attached hydrogens (tertiary/aromatic N) is 1. The van der Waals surface area contributed by atoms with Crippen molar-refractivity contribution in [1.29, 1.82) is 0 Å². The van der Waals surface area contributed by atoms with Crippen molar-refractivity contribution in [2.45, 2.75) is 51.0 Å². The van der Waals surface area contributed by atoms with Crippen LogP contribution in [0.25, 0.3) is 0 Å². The molecule has 0 radical (unpaired) electrons. The van der Waals surface area contributed by atoms with E-state index in [4.69, 9.17) is 0 Å². The number of rotatable bonds is 4. The second kappa shape index (κ2) is 8.03. The van der Waals surface area contributed by atoms with Gasteiger partial charge in [0, 0.05) is 18.8 Å². The zero-order chi connectivity index (χ0) is 19.7. The van der Waals surface area contributed by atoms with Crippen molar-refractivity contribution >= 4 is 23.3 Å². The van der Waals surface area contributed by atoms with Gasteiger partial charge in [0.1, 0.15) is 0 Å². The number of carbonyl (C=O) groups is 3. The summed E-state index contributed by atoms with van der Waals surface area (Å²) in [6.45, 7) is 4.15. The van der Waals surface area contributed by atoms with Crippen molar-refractivity contribution in [3.8, 4) is 0 Å². The molecule has 28 heavy (non-hydrogen) atoms. The van der Waals surface area contributed by atoms with Gasteiger partial charge in [0.25, 0.3) is 0 Å². The number of fused-ring (bicyclic) bond motifs is 1. The fourth-order valence-corrected chi connectivity index (χ4v) is 4.92. The molecule has 2 aliphatic heterocycles. The number of likely N-dealkylation sites (N-methyl/N-ethyl adjacent to an activating group) is 1. The molecular weight excluding hydrogens is 354 g/mol. The van der Waals surface area contributed by atoms with Crippen LogP contribution in [0.15, 0.2) is 24.3 Å². The van der Waals surface area contributed by atoms with Crippen LogP contribution >= 0.6 is 0 Å². The summed E-state index contributed by atoms with van der Waals surface area (Å²) in [4.78, 5) is 40.1. The third kappa shape index (κ3) is 3.70. The molecule has 3 atom stereocenters. The van der Waals surface area contributed by atoms with Crippen LogP contribution in [0.4, 0.5) is 5.69 Å². The number of hydrogen-bond acceptors (Lipinski definition) is 4. The highest BCUT2D eigenvalue weighted by molar-refractivity contribution is 6.23. The molecule has 6 nitrogen and oxygen atoms in total. The van der Waals surface area contributed by atoms with Gasteiger partial charge in [-0.2, -0.15) is 0 Å². The summed E-state index contributed by atoms with van der Waals surface area (Å²) >= 11 is 0. The first-order valence-corrected chi connectivity index (χ1v) is 10.5. The number of hydrogen-bond donors (Lipinski definition) is 2. The SMILES string of the molecule is CCN1C[C@@H]2NC(=O)C(C(=O)Nc3ccc(C4CCCCC4)cc3)C(=O)[C@H]2C1. The molecule has 1 aromatic rings. The van der Waals surface area contributed by atoms with Crippen molar-refractivity contribution in [1.82, 2.24) is 10.2 Å². The molecule has 1 aliphatic carbocycles. The van der Waals surface area contributed by atoms with Gasteiger partial charge < -0.3 is 15.5 Å². The Balaban J connectivity index is 1.41. The van der Waals surface area contributed by atoms with E-state index in [9.17, 15) is 14.4 Å². The fraction of sp³-hybridized carbons (Fsp3) is 0.591. The van der Waals surface area contributed by atoms with E-state index in [1.807, 2.05) is 19.1 Å². The standard InChI is InChI=1S/C22H29N3O3/c1-2-25-12-17-18(13-25)24-22(28)19(20(17)26)21(27)23-16-10-8-15(9-11-16)14-6-4-3-5-7-14/h8-11,14,17-19H,2-7,12-13H2,1H3,(H,23,27)(H,24,28)/t17-,18-,19?/m0/s1. The van der Waals surface area contributed by atoms with E-state index in [-0.39, 0.29) is 17.7 Å². The van der Waals surface area contributed by atoms with Gasteiger partial charge in [-0.05, 0) is 43.0 Å². The molecule has 2 heterocycles. The van der Waals surface area contributed by atoms with Crippen LogP contribution in [0.3, 0.4) is 0 Å². The predicted octanol–water partition coefficient (Wildman–Crippen LogP) is 2.31. The van der Waals surface area contributed by atoms with E-state index in [2.05, 4.69) is 27.7 Å². The number of carbonyl (C=O) groups excluding carboxylic acids is 3. The Labute approximate surface area is 166 Å². The number of ketones is 1. The van der Waals surface area contributed by atoms with Gasteiger partial charge in [0.2, 0.25) is 11.8 Å². The largest absolute Gasteiger partial charge is 0.350 e. The maximum absolute atomic E-state index is 12.8. The number of likely N-dealkylation sites (tertiary alicyclic amines) is 1. The van der Waals surface area contributed by atoms with E-state index >= 15 is 0 Å². The first-order valence-electron chi connectivity index (χ1n) is 10.5. The molecule has 6 heteroatoms. The Morgan fingerprint density at radius 1 is 1.11 bits per heavy atom. The van der Waals surface area contributed by atoms with Crippen LogP contribution in [-0.4, -0.2) is 48.2 Å². The monoisotopic (exact) mass is 383 g/mol. The molecule has 2 amide bonds. The number of nitrogens with one attached hydrogen (secondary N) is 2. The number of anilines is 1. The van der Waals surface area contributed by atoms with Gasteiger partial charge >= 0.3 is 0 Å². The minimum atomic E-state index is -1.25. The van der Waals surface area contributed by atoms with Gasteiger partial charge in [-0.1, -0.05) is 38.3 Å². The Hall–Kier alpha value is -2.21. The minimum absolute atomic E-state index is 0.168. The van der Waals surface area contributed by atoms with Crippen LogP contribution in [0.5, 0.6) is 0 Å². The smallest absolute Gasteiger partial charge is 0.244 e. The normalized spacial score (nSPS) is 28.7. The van der Waals surface area contributed by atoms with Crippen LogP contribution in [0.2, 0.25) is 0 Å². The first kappa shape index (κ1) is 19.1.